The molecule has 3 amide bonds. The molecule has 0 spiro atoms. The summed E-state index contributed by atoms with van der Waals surface area (Å²) in [7, 11) is 0. The van der Waals surface area contributed by atoms with E-state index in [0.717, 1.165) is 6.07 Å². The minimum atomic E-state index is -4.24. The number of benzene rings is 2. The van der Waals surface area contributed by atoms with Crippen LogP contribution in [-0.4, -0.2) is 73.0 Å². The lowest BCUT2D eigenvalue weighted by Gasteiger charge is -2.37. The number of carbonyl (C=O) groups excluding carboxylic acids is 2. The smallest absolute Gasteiger partial charge is 0.390 e. The van der Waals surface area contributed by atoms with Gasteiger partial charge in [0.1, 0.15) is 0 Å². The summed E-state index contributed by atoms with van der Waals surface area (Å²) in [6.07, 6.45) is -3.12. The Kier molecular flexibility index (Phi) is 10.5. The molecule has 4 N–H and O–H groups in total. The number of nitrogens with zero attached hydrogens (tertiary/aromatic N) is 2. The lowest BCUT2D eigenvalue weighted by molar-refractivity contribution is -0.138. The number of urea groups is 1. The zero-order valence-electron chi connectivity index (χ0n) is 22.7. The lowest BCUT2D eigenvalue weighted by Crippen LogP contribution is -2.47. The number of anilines is 2. The van der Waals surface area contributed by atoms with Gasteiger partial charge >= 0.3 is 12.2 Å². The van der Waals surface area contributed by atoms with Crippen LogP contribution < -0.4 is 20.9 Å². The van der Waals surface area contributed by atoms with Gasteiger partial charge in [-0.1, -0.05) is 17.7 Å². The van der Waals surface area contributed by atoms with Gasteiger partial charge in [-0.3, -0.25) is 9.69 Å². The number of aliphatic hydroxyl groups is 1. The van der Waals surface area contributed by atoms with E-state index in [0.29, 0.717) is 62.6 Å². The molecule has 2 aromatic rings. The number of hydrogen-bond donors (Lipinski definition) is 4. The molecular weight excluding hydrogens is 585 g/mol. The van der Waals surface area contributed by atoms with E-state index in [1.165, 1.54) is 18.2 Å². The second-order valence-corrected chi connectivity index (χ2v) is 11.0. The van der Waals surface area contributed by atoms with Gasteiger partial charge in [0, 0.05) is 55.9 Å². The Labute approximate surface area is 245 Å². The van der Waals surface area contributed by atoms with Crippen LogP contribution in [0.5, 0.6) is 0 Å². The van der Waals surface area contributed by atoms with Crippen molar-refractivity contribution in [2.24, 2.45) is 0 Å². The molecule has 230 valence electrons. The summed E-state index contributed by atoms with van der Waals surface area (Å²) in [6.45, 7) is 1.08. The molecule has 1 saturated heterocycles. The summed E-state index contributed by atoms with van der Waals surface area (Å²) in [6, 6.07) is 6.31. The normalized spacial score (nSPS) is 19.8. The Morgan fingerprint density at radius 2 is 1.67 bits per heavy atom. The molecule has 8 nitrogen and oxygen atoms in total. The molecule has 0 bridgehead atoms. The average molecular weight is 618 g/mol. The summed E-state index contributed by atoms with van der Waals surface area (Å²) in [5, 5.41) is 17.8. The monoisotopic (exact) mass is 617 g/mol. The summed E-state index contributed by atoms with van der Waals surface area (Å²) in [4.78, 5) is 28.7. The van der Waals surface area contributed by atoms with Gasteiger partial charge in [-0.15, -0.1) is 0 Å². The Hall–Kier alpha value is -3.16. The van der Waals surface area contributed by atoms with Crippen molar-refractivity contribution in [3.63, 3.8) is 0 Å². The van der Waals surface area contributed by atoms with Gasteiger partial charge in [0.15, 0.2) is 11.6 Å². The van der Waals surface area contributed by atoms with Crippen molar-refractivity contribution < 1.29 is 36.6 Å². The zero-order chi connectivity index (χ0) is 30.4. The molecule has 0 atom stereocenters. The van der Waals surface area contributed by atoms with Gasteiger partial charge < -0.3 is 26.0 Å². The predicted molar refractivity (Wildman–Crippen MR) is 149 cm³/mol. The van der Waals surface area contributed by atoms with Gasteiger partial charge in [-0.2, -0.15) is 13.2 Å². The van der Waals surface area contributed by atoms with Crippen molar-refractivity contribution in [3.05, 3.63) is 58.1 Å². The van der Waals surface area contributed by atoms with Crippen LogP contribution in [0.3, 0.4) is 0 Å². The molecule has 2 aliphatic rings. The average Bonchev–Trinajstić information content (AvgIpc) is 2.95. The Morgan fingerprint density at radius 3 is 2.33 bits per heavy atom. The molecule has 1 saturated carbocycles. The van der Waals surface area contributed by atoms with Crippen LogP contribution in [0, 0.1) is 11.6 Å². The molecule has 42 heavy (non-hydrogen) atoms. The molecule has 2 aromatic carbocycles. The third-order valence-electron chi connectivity index (χ3n) is 7.51. The third-order valence-corrected chi connectivity index (χ3v) is 7.75. The summed E-state index contributed by atoms with van der Waals surface area (Å²) in [5.41, 5.74) is 0.102. The molecule has 0 aromatic heterocycles. The first-order valence-corrected chi connectivity index (χ1v) is 14.1. The van der Waals surface area contributed by atoms with E-state index < -0.39 is 41.7 Å². The highest BCUT2D eigenvalue weighted by molar-refractivity contribution is 6.31. The van der Waals surface area contributed by atoms with Gasteiger partial charge in [0.05, 0.1) is 29.5 Å². The topological polar surface area (TPSA) is 96.9 Å². The van der Waals surface area contributed by atoms with Crippen LogP contribution in [0.2, 0.25) is 5.02 Å². The van der Waals surface area contributed by atoms with Crippen LogP contribution in [0.15, 0.2) is 30.3 Å². The van der Waals surface area contributed by atoms with Gasteiger partial charge in [-0.25, -0.2) is 13.6 Å². The van der Waals surface area contributed by atoms with Crippen molar-refractivity contribution in [1.29, 1.82) is 0 Å². The lowest BCUT2D eigenvalue weighted by atomic mass is 9.93. The molecule has 2 fully saturated rings. The number of nitrogens with one attached hydrogen (secondary N) is 3. The number of rotatable bonds is 8. The van der Waals surface area contributed by atoms with Gasteiger partial charge in [0.2, 0.25) is 0 Å². The Bertz CT molecular complexity index is 1270. The maximum atomic E-state index is 15.0. The molecule has 1 aliphatic heterocycles. The number of piperazine rings is 1. The second-order valence-electron chi connectivity index (χ2n) is 10.5. The first kappa shape index (κ1) is 31.8. The van der Waals surface area contributed by atoms with E-state index in [1.807, 2.05) is 4.90 Å². The maximum Gasteiger partial charge on any atom is 0.390 e. The molecule has 4 rings (SSSR count). The number of alkyl halides is 3. The van der Waals surface area contributed by atoms with E-state index in [-0.39, 0.29) is 36.5 Å². The molecule has 0 radical (unpaired) electrons. The predicted octanol–water partition coefficient (Wildman–Crippen LogP) is 5.05. The van der Waals surface area contributed by atoms with Crippen molar-refractivity contribution in [1.82, 2.24) is 15.5 Å². The Balaban J connectivity index is 1.36. The maximum absolute atomic E-state index is 15.0. The largest absolute Gasteiger partial charge is 0.393 e. The first-order chi connectivity index (χ1) is 19.9. The second kappa shape index (κ2) is 13.9. The molecule has 1 heterocycles. The van der Waals surface area contributed by atoms with Crippen LogP contribution in [0.4, 0.5) is 38.1 Å². The number of hydrogen-bond acceptors (Lipinski definition) is 5. The van der Waals surface area contributed by atoms with Crippen LogP contribution in [-0.2, 0) is 6.54 Å². The summed E-state index contributed by atoms with van der Waals surface area (Å²) < 4.78 is 67.6. The molecule has 14 heteroatoms. The van der Waals surface area contributed by atoms with Crippen molar-refractivity contribution in [3.8, 4) is 0 Å². The SMILES string of the molecule is O=C(NCc1ccc(C(=O)Nc2ccc(Cl)cc2N2CCN(CCC(F)(F)F)CC2)c(F)c1F)NC1CCC(O)CC1. The molecular formula is C28H33ClF5N5O3. The molecule has 1 aliphatic carbocycles. The number of amides is 3. The third kappa shape index (κ3) is 8.68. The summed E-state index contributed by atoms with van der Waals surface area (Å²) in [5.74, 6) is -3.55. The highest BCUT2D eigenvalue weighted by Gasteiger charge is 2.29. The van der Waals surface area contributed by atoms with Crippen molar-refractivity contribution in [2.75, 3.05) is 42.9 Å². The fourth-order valence-corrected chi connectivity index (χ4v) is 5.26. The van der Waals surface area contributed by atoms with Crippen LogP contribution in [0.25, 0.3) is 0 Å². The zero-order valence-corrected chi connectivity index (χ0v) is 23.5. The highest BCUT2D eigenvalue weighted by Crippen LogP contribution is 2.31. The highest BCUT2D eigenvalue weighted by atomic mass is 35.5. The number of halogens is 6. The standard InChI is InChI=1S/C28H33ClF5N5O3/c29-18-2-8-22(23(15-18)39-13-11-38(12-14-39)10-9-28(32,33)34)37-26(41)21-7-1-17(24(30)25(21)31)16-35-27(42)36-19-3-5-20(40)6-4-19/h1-2,7-8,15,19-20,40H,3-6,9-14,16H2,(H,37,41)(H2,35,36,42). The van der Waals surface area contributed by atoms with Crippen molar-refractivity contribution in [2.45, 2.75) is 57.0 Å². The van der Waals surface area contributed by atoms with Gasteiger partial charge in [-0.05, 0) is 49.9 Å². The van der Waals surface area contributed by atoms with E-state index in [1.54, 1.807) is 11.0 Å². The van der Waals surface area contributed by atoms with E-state index >= 15 is 0 Å². The van der Waals surface area contributed by atoms with Crippen LogP contribution in [0.1, 0.15) is 48.0 Å². The van der Waals surface area contributed by atoms with Crippen LogP contribution >= 0.6 is 11.6 Å². The number of carbonyl (C=O) groups is 2. The minimum absolute atomic E-state index is 0.108. The molecule has 0 unspecified atom stereocenters. The Morgan fingerprint density at radius 1 is 0.976 bits per heavy atom. The quantitative estimate of drug-likeness (QED) is 0.311. The summed E-state index contributed by atoms with van der Waals surface area (Å²) >= 11 is 6.17. The van der Waals surface area contributed by atoms with Gasteiger partial charge in [0.25, 0.3) is 5.91 Å². The van der Waals surface area contributed by atoms with Crippen molar-refractivity contribution >= 4 is 34.9 Å². The fourth-order valence-electron chi connectivity index (χ4n) is 5.09. The van der Waals surface area contributed by atoms with E-state index in [9.17, 15) is 36.6 Å². The minimum Gasteiger partial charge on any atom is -0.393 e. The van der Waals surface area contributed by atoms with E-state index in [4.69, 9.17) is 11.6 Å². The fraction of sp³-hybridized carbons (Fsp3) is 0.500. The first-order valence-electron chi connectivity index (χ1n) is 13.7. The number of aliphatic hydroxyl groups excluding tert-OH is 1. The van der Waals surface area contributed by atoms with E-state index in [2.05, 4.69) is 16.0 Å².